The van der Waals surface area contributed by atoms with E-state index in [0.29, 0.717) is 17.7 Å². The first kappa shape index (κ1) is 30.6. The topological polar surface area (TPSA) is 141 Å². The molecule has 1 aliphatic heterocycles. The van der Waals surface area contributed by atoms with E-state index in [1.54, 1.807) is 30.3 Å². The first-order chi connectivity index (χ1) is 19.2. The smallest absolute Gasteiger partial charge is 0.337 e. The predicted octanol–water partition coefficient (Wildman–Crippen LogP) is 1.64. The van der Waals surface area contributed by atoms with Gasteiger partial charge in [0.1, 0.15) is 5.75 Å². The van der Waals surface area contributed by atoms with E-state index in [-0.39, 0.29) is 49.4 Å². The molecule has 0 bridgehead atoms. The first-order valence-corrected chi connectivity index (χ1v) is 13.8. The standard InChI is InChI=1S/C28H32N2O9S/c1-4-13-29-27(32)25-18-22(20-5-7-21(8-6-20)28(33)37-3)19-26(39-25)38-17-15-30(14-16-31)40(34,35)24-11-9-23(36-2)10-12-24/h1,5-12,18,22,26,31H,13-17,19H2,2-3H3,(H,29,32)/t22-,26+/m1/s1. The number of ether oxygens (including phenoxy) is 4. The van der Waals surface area contributed by atoms with E-state index in [1.165, 1.54) is 38.5 Å². The fraction of sp³-hybridized carbons (Fsp3) is 0.357. The maximum absolute atomic E-state index is 13.2. The van der Waals surface area contributed by atoms with E-state index in [2.05, 4.69) is 11.2 Å². The van der Waals surface area contributed by atoms with E-state index < -0.39 is 28.2 Å². The van der Waals surface area contributed by atoms with Gasteiger partial charge in [-0.15, -0.1) is 6.42 Å². The number of sulfonamides is 1. The molecule has 0 aliphatic carbocycles. The van der Waals surface area contributed by atoms with Crippen molar-refractivity contribution in [3.8, 4) is 18.1 Å². The molecule has 1 amide bonds. The number of benzene rings is 2. The zero-order valence-corrected chi connectivity index (χ0v) is 23.1. The molecule has 214 valence electrons. The van der Waals surface area contributed by atoms with Crippen LogP contribution in [0.4, 0.5) is 0 Å². The second-order valence-corrected chi connectivity index (χ2v) is 10.5. The fourth-order valence-electron chi connectivity index (χ4n) is 4.00. The zero-order chi connectivity index (χ0) is 29.1. The van der Waals surface area contributed by atoms with Gasteiger partial charge in [0.2, 0.25) is 16.3 Å². The predicted molar refractivity (Wildman–Crippen MR) is 145 cm³/mol. The molecule has 0 fully saturated rings. The number of carbonyl (C=O) groups is 2. The zero-order valence-electron chi connectivity index (χ0n) is 22.2. The number of carbonyl (C=O) groups excluding carboxylic acids is 2. The number of allylic oxidation sites excluding steroid dienone is 1. The summed E-state index contributed by atoms with van der Waals surface area (Å²) in [6.45, 7) is -0.676. The van der Waals surface area contributed by atoms with E-state index >= 15 is 0 Å². The number of amides is 1. The minimum atomic E-state index is -3.93. The molecule has 0 spiro atoms. The number of hydrogen-bond donors (Lipinski definition) is 2. The number of methoxy groups -OCH3 is 2. The summed E-state index contributed by atoms with van der Waals surface area (Å²) in [7, 11) is -1.15. The Morgan fingerprint density at radius 3 is 2.42 bits per heavy atom. The lowest BCUT2D eigenvalue weighted by molar-refractivity contribution is -0.146. The van der Waals surface area contributed by atoms with Gasteiger partial charge in [0.25, 0.3) is 5.91 Å². The average Bonchev–Trinajstić information content (AvgIpc) is 2.98. The molecule has 2 N–H and O–H groups in total. The highest BCUT2D eigenvalue weighted by atomic mass is 32.2. The van der Waals surface area contributed by atoms with Crippen molar-refractivity contribution < 1.29 is 42.1 Å². The number of nitrogens with zero attached hydrogens (tertiary/aromatic N) is 1. The molecule has 1 aliphatic rings. The molecular weight excluding hydrogens is 540 g/mol. The van der Waals surface area contributed by atoms with Crippen molar-refractivity contribution in [1.82, 2.24) is 9.62 Å². The van der Waals surface area contributed by atoms with Crippen LogP contribution in [0, 0.1) is 12.3 Å². The summed E-state index contributed by atoms with van der Waals surface area (Å²) in [5.74, 6) is 1.54. The van der Waals surface area contributed by atoms with Crippen LogP contribution in [0.25, 0.3) is 0 Å². The SMILES string of the molecule is C#CCNC(=O)C1=C[C@@H](c2ccc(C(=O)OC)cc2)C[C@@H](OCCN(CCO)S(=O)(=O)c2ccc(OC)cc2)O1. The Kier molecular flexibility index (Phi) is 11.1. The maximum Gasteiger partial charge on any atom is 0.337 e. The highest BCUT2D eigenvalue weighted by Gasteiger charge is 2.30. The molecule has 0 saturated carbocycles. The van der Waals surface area contributed by atoms with Crippen LogP contribution in [0.3, 0.4) is 0 Å². The van der Waals surface area contributed by atoms with Gasteiger partial charge in [0, 0.05) is 25.4 Å². The first-order valence-electron chi connectivity index (χ1n) is 12.4. The van der Waals surface area contributed by atoms with E-state index in [0.717, 1.165) is 9.87 Å². The Hall–Kier alpha value is -3.89. The largest absolute Gasteiger partial charge is 0.497 e. The fourth-order valence-corrected chi connectivity index (χ4v) is 5.41. The molecule has 0 saturated heterocycles. The van der Waals surface area contributed by atoms with E-state index in [4.69, 9.17) is 25.4 Å². The highest BCUT2D eigenvalue weighted by molar-refractivity contribution is 7.89. The van der Waals surface area contributed by atoms with Crippen LogP contribution in [0.15, 0.2) is 65.3 Å². The third kappa shape index (κ3) is 7.83. The molecule has 0 radical (unpaired) electrons. The van der Waals surface area contributed by atoms with Crippen LogP contribution in [0.2, 0.25) is 0 Å². The molecule has 11 nitrogen and oxygen atoms in total. The number of rotatable bonds is 13. The summed E-state index contributed by atoms with van der Waals surface area (Å²) in [6, 6.07) is 12.6. The summed E-state index contributed by atoms with van der Waals surface area (Å²) in [5.41, 5.74) is 1.18. The van der Waals surface area contributed by atoms with Crippen molar-refractivity contribution in [1.29, 1.82) is 0 Å². The van der Waals surface area contributed by atoms with E-state index in [1.807, 2.05) is 0 Å². The molecular formula is C28H32N2O9S. The third-order valence-corrected chi connectivity index (χ3v) is 8.00. The lowest BCUT2D eigenvalue weighted by atomic mass is 9.92. The summed E-state index contributed by atoms with van der Waals surface area (Å²) in [4.78, 5) is 24.5. The molecule has 0 aromatic heterocycles. The Morgan fingerprint density at radius 2 is 1.82 bits per heavy atom. The summed E-state index contributed by atoms with van der Waals surface area (Å²) in [5, 5.41) is 12.0. The van der Waals surface area contributed by atoms with Gasteiger partial charge in [-0.1, -0.05) is 18.1 Å². The second kappa shape index (κ2) is 14.5. The van der Waals surface area contributed by atoms with Crippen LogP contribution in [0.5, 0.6) is 5.75 Å². The molecule has 0 unspecified atom stereocenters. The number of esters is 1. The monoisotopic (exact) mass is 572 g/mol. The van der Waals surface area contributed by atoms with Crippen molar-refractivity contribution in [2.24, 2.45) is 0 Å². The second-order valence-electron chi connectivity index (χ2n) is 8.59. The summed E-state index contributed by atoms with van der Waals surface area (Å²) in [6.07, 6.45) is 6.32. The van der Waals surface area contributed by atoms with Crippen LogP contribution in [-0.4, -0.2) is 83.1 Å². The average molecular weight is 573 g/mol. The van der Waals surface area contributed by atoms with Gasteiger partial charge >= 0.3 is 5.97 Å². The number of aliphatic hydroxyl groups excluding tert-OH is 1. The van der Waals surface area contributed by atoms with Gasteiger partial charge in [-0.3, -0.25) is 4.79 Å². The molecule has 2 atom stereocenters. The minimum Gasteiger partial charge on any atom is -0.497 e. The van der Waals surface area contributed by atoms with E-state index in [9.17, 15) is 23.1 Å². The quantitative estimate of drug-likeness (QED) is 0.271. The normalized spacial score (nSPS) is 16.8. The molecule has 1 heterocycles. The Bertz CT molecular complexity index is 1330. The minimum absolute atomic E-state index is 0.00287. The number of hydrogen-bond acceptors (Lipinski definition) is 9. The Labute approximate surface area is 233 Å². The van der Waals surface area contributed by atoms with Crippen molar-refractivity contribution in [3.05, 3.63) is 71.5 Å². The van der Waals surface area contributed by atoms with Crippen LogP contribution in [0.1, 0.15) is 28.3 Å². The third-order valence-electron chi connectivity index (χ3n) is 6.08. The van der Waals surface area contributed by atoms with Crippen LogP contribution >= 0.6 is 0 Å². The highest BCUT2D eigenvalue weighted by Crippen LogP contribution is 2.32. The Morgan fingerprint density at radius 1 is 1.12 bits per heavy atom. The lowest BCUT2D eigenvalue weighted by Gasteiger charge is -2.30. The van der Waals surface area contributed by atoms with Gasteiger partial charge in [-0.25, -0.2) is 13.2 Å². The van der Waals surface area contributed by atoms with Gasteiger partial charge in [-0.05, 0) is 48.0 Å². The van der Waals surface area contributed by atoms with Gasteiger partial charge in [0.15, 0.2) is 5.76 Å². The van der Waals surface area contributed by atoms with Crippen LogP contribution in [-0.2, 0) is 29.0 Å². The van der Waals surface area contributed by atoms with Crippen molar-refractivity contribution in [2.75, 3.05) is 47.1 Å². The van der Waals surface area contributed by atoms with Crippen LogP contribution < -0.4 is 10.1 Å². The summed E-state index contributed by atoms with van der Waals surface area (Å²) >= 11 is 0. The van der Waals surface area contributed by atoms with Crippen molar-refractivity contribution in [3.63, 3.8) is 0 Å². The Balaban J connectivity index is 1.73. The molecule has 40 heavy (non-hydrogen) atoms. The number of nitrogens with one attached hydrogen (secondary N) is 1. The molecule has 2 aromatic carbocycles. The molecule has 2 aromatic rings. The molecule has 3 rings (SSSR count). The maximum atomic E-state index is 13.2. The van der Waals surface area contributed by atoms with Gasteiger partial charge in [0.05, 0.1) is 44.4 Å². The van der Waals surface area contributed by atoms with Crippen molar-refractivity contribution >= 4 is 21.9 Å². The summed E-state index contributed by atoms with van der Waals surface area (Å²) < 4.78 is 48.9. The molecule has 12 heteroatoms. The number of aliphatic hydroxyl groups is 1. The number of terminal acetylenes is 1. The lowest BCUT2D eigenvalue weighted by Crippen LogP contribution is -2.38. The van der Waals surface area contributed by atoms with Gasteiger partial charge in [-0.2, -0.15) is 4.31 Å². The van der Waals surface area contributed by atoms with Gasteiger partial charge < -0.3 is 29.4 Å². The van der Waals surface area contributed by atoms with Crippen molar-refractivity contribution in [2.45, 2.75) is 23.5 Å².